The van der Waals surface area contributed by atoms with Crippen molar-refractivity contribution in [3.63, 3.8) is 0 Å². The Morgan fingerprint density at radius 3 is 2.94 bits per heavy atom. The number of fused-ring (bicyclic) bond motifs is 1. The van der Waals surface area contributed by atoms with E-state index >= 15 is 0 Å². The molecule has 0 aliphatic rings. The number of nitrogens with zero attached hydrogens (tertiary/aromatic N) is 1. The molecule has 1 N–H and O–H groups in total. The first kappa shape index (κ1) is 11.9. The van der Waals surface area contributed by atoms with Gasteiger partial charge in [0.05, 0.1) is 6.54 Å². The molecule has 0 aliphatic carbocycles. The van der Waals surface area contributed by atoms with Gasteiger partial charge in [0.25, 0.3) is 0 Å². The number of carbonyl (C=O) groups is 1. The van der Waals surface area contributed by atoms with Crippen LogP contribution in [-0.2, 0) is 11.3 Å². The van der Waals surface area contributed by atoms with Gasteiger partial charge in [-0.3, -0.25) is 0 Å². The third-order valence-electron chi connectivity index (χ3n) is 3.01. The van der Waals surface area contributed by atoms with E-state index in [1.54, 1.807) is 0 Å². The van der Waals surface area contributed by atoms with Crippen LogP contribution in [0, 0.1) is 6.92 Å². The Kier molecular flexibility index (Phi) is 3.59. The highest BCUT2D eigenvalue weighted by Crippen LogP contribution is 2.20. The number of aryl methyl sites for hydroxylation is 1. The summed E-state index contributed by atoms with van der Waals surface area (Å²) in [5.74, 6) is 0. The summed E-state index contributed by atoms with van der Waals surface area (Å²) in [7, 11) is 0. The maximum Gasteiger partial charge on any atom is 0.133 e. The Morgan fingerprint density at radius 1 is 1.41 bits per heavy atom. The van der Waals surface area contributed by atoms with E-state index in [4.69, 9.17) is 0 Å². The quantitative estimate of drug-likeness (QED) is 0.798. The Morgan fingerprint density at radius 2 is 2.18 bits per heavy atom. The second-order valence-electron chi connectivity index (χ2n) is 4.46. The van der Waals surface area contributed by atoms with Crippen LogP contribution >= 0.6 is 0 Å². The monoisotopic (exact) mass is 230 g/mol. The molecule has 3 nitrogen and oxygen atoms in total. The molecule has 0 aliphatic heterocycles. The van der Waals surface area contributed by atoms with E-state index in [0.717, 1.165) is 12.8 Å². The van der Waals surface area contributed by atoms with Crippen LogP contribution in [0.25, 0.3) is 10.9 Å². The molecule has 2 rings (SSSR count). The van der Waals surface area contributed by atoms with Crippen LogP contribution in [0.2, 0.25) is 0 Å². The lowest BCUT2D eigenvalue weighted by Gasteiger charge is -2.13. The third-order valence-corrected chi connectivity index (χ3v) is 3.01. The molecule has 90 valence electrons. The van der Waals surface area contributed by atoms with Crippen molar-refractivity contribution in [1.29, 1.82) is 0 Å². The van der Waals surface area contributed by atoms with Crippen LogP contribution in [0.5, 0.6) is 0 Å². The molecule has 1 aromatic heterocycles. The third kappa shape index (κ3) is 2.56. The predicted octanol–water partition coefficient (Wildman–Crippen LogP) is 2.13. The Balaban J connectivity index is 2.21. The molecule has 1 heterocycles. The molecule has 17 heavy (non-hydrogen) atoms. The average molecular weight is 230 g/mol. The van der Waals surface area contributed by atoms with Crippen molar-refractivity contribution in [1.82, 2.24) is 9.88 Å². The van der Waals surface area contributed by atoms with Crippen LogP contribution < -0.4 is 5.32 Å². The number of hydrogen-bond donors (Lipinski definition) is 1. The first-order valence-electron chi connectivity index (χ1n) is 5.94. The molecular formula is C14H18N2O. The van der Waals surface area contributed by atoms with Crippen molar-refractivity contribution in [2.45, 2.75) is 26.4 Å². The van der Waals surface area contributed by atoms with Crippen LogP contribution in [0.4, 0.5) is 0 Å². The Labute approximate surface area is 101 Å². The number of aldehydes is 1. The lowest BCUT2D eigenvalue weighted by Crippen LogP contribution is -2.31. The molecule has 0 saturated carbocycles. The van der Waals surface area contributed by atoms with Crippen molar-refractivity contribution in [2.24, 2.45) is 0 Å². The van der Waals surface area contributed by atoms with Gasteiger partial charge in [0.2, 0.25) is 0 Å². The molecule has 0 bridgehead atoms. The molecule has 0 unspecified atom stereocenters. The van der Waals surface area contributed by atoms with Crippen molar-refractivity contribution < 1.29 is 4.79 Å². The van der Waals surface area contributed by atoms with Crippen molar-refractivity contribution in [3.05, 3.63) is 36.0 Å². The first-order valence-corrected chi connectivity index (χ1v) is 5.94. The standard InChI is InChI=1S/C14H18N2O/c1-11-9-16(10-12(2)15-7-8-17)14-6-4-3-5-13(11)14/h3-6,8-9,12,15H,7,10H2,1-2H3/t12-/m0/s1. The SMILES string of the molecule is Cc1cn(C[C@H](C)NCC=O)c2ccccc12. The smallest absolute Gasteiger partial charge is 0.133 e. The number of benzene rings is 1. The molecule has 1 aromatic carbocycles. The lowest BCUT2D eigenvalue weighted by molar-refractivity contribution is -0.107. The summed E-state index contributed by atoms with van der Waals surface area (Å²) in [6.07, 6.45) is 3.07. The van der Waals surface area contributed by atoms with Crippen molar-refractivity contribution >= 4 is 17.2 Å². The largest absolute Gasteiger partial charge is 0.346 e. The van der Waals surface area contributed by atoms with E-state index in [0.29, 0.717) is 6.54 Å². The first-order chi connectivity index (χ1) is 8.22. The average Bonchev–Trinajstić information content (AvgIpc) is 2.65. The molecule has 1 atom stereocenters. The van der Waals surface area contributed by atoms with E-state index in [1.807, 2.05) is 0 Å². The van der Waals surface area contributed by atoms with Crippen LogP contribution in [0.3, 0.4) is 0 Å². The van der Waals surface area contributed by atoms with Gasteiger partial charge in [-0.05, 0) is 25.5 Å². The fourth-order valence-corrected chi connectivity index (χ4v) is 2.19. The molecule has 0 radical (unpaired) electrons. The maximum absolute atomic E-state index is 10.3. The summed E-state index contributed by atoms with van der Waals surface area (Å²) in [5, 5.41) is 4.47. The number of carbonyl (C=O) groups excluding carboxylic acids is 1. The molecule has 0 saturated heterocycles. The minimum Gasteiger partial charge on any atom is -0.346 e. The van der Waals surface area contributed by atoms with Crippen LogP contribution in [-0.4, -0.2) is 23.4 Å². The van der Waals surface area contributed by atoms with Gasteiger partial charge in [-0.2, -0.15) is 0 Å². The second kappa shape index (κ2) is 5.15. The summed E-state index contributed by atoms with van der Waals surface area (Å²) in [6, 6.07) is 8.69. The Hall–Kier alpha value is -1.61. The van der Waals surface area contributed by atoms with E-state index in [1.165, 1.54) is 16.5 Å². The van der Waals surface area contributed by atoms with Gasteiger partial charge in [0.15, 0.2) is 0 Å². The maximum atomic E-state index is 10.3. The van der Waals surface area contributed by atoms with Gasteiger partial charge >= 0.3 is 0 Å². The van der Waals surface area contributed by atoms with Crippen LogP contribution in [0.1, 0.15) is 12.5 Å². The van der Waals surface area contributed by atoms with Crippen molar-refractivity contribution in [3.8, 4) is 0 Å². The number of rotatable bonds is 5. The van der Waals surface area contributed by atoms with Gasteiger partial charge < -0.3 is 14.7 Å². The molecule has 3 heteroatoms. The topological polar surface area (TPSA) is 34.0 Å². The summed E-state index contributed by atoms with van der Waals surface area (Å²) in [6.45, 7) is 5.51. The van der Waals surface area contributed by atoms with Crippen LogP contribution in [0.15, 0.2) is 30.5 Å². The molecule has 0 spiro atoms. The second-order valence-corrected chi connectivity index (χ2v) is 4.46. The summed E-state index contributed by atoms with van der Waals surface area (Å²) >= 11 is 0. The lowest BCUT2D eigenvalue weighted by atomic mass is 10.2. The van der Waals surface area contributed by atoms with Gasteiger partial charge in [0.1, 0.15) is 6.29 Å². The summed E-state index contributed by atoms with van der Waals surface area (Å²) in [5.41, 5.74) is 2.55. The van der Waals surface area contributed by atoms with E-state index in [-0.39, 0.29) is 6.04 Å². The molecule has 0 fully saturated rings. The van der Waals surface area contributed by atoms with Gasteiger partial charge in [-0.25, -0.2) is 0 Å². The zero-order chi connectivity index (χ0) is 12.3. The molecular weight excluding hydrogens is 212 g/mol. The van der Waals surface area contributed by atoms with Crippen molar-refractivity contribution in [2.75, 3.05) is 6.54 Å². The highest BCUT2D eigenvalue weighted by Gasteiger charge is 2.07. The van der Waals surface area contributed by atoms with E-state index in [9.17, 15) is 4.79 Å². The highest BCUT2D eigenvalue weighted by atomic mass is 16.1. The van der Waals surface area contributed by atoms with E-state index in [2.05, 4.69) is 54.2 Å². The van der Waals surface area contributed by atoms with E-state index < -0.39 is 0 Å². The fraction of sp³-hybridized carbons (Fsp3) is 0.357. The normalized spacial score (nSPS) is 12.8. The van der Waals surface area contributed by atoms with Gasteiger partial charge in [-0.1, -0.05) is 18.2 Å². The number of aromatic nitrogens is 1. The predicted molar refractivity (Wildman–Crippen MR) is 70.2 cm³/mol. The van der Waals surface area contributed by atoms with Gasteiger partial charge in [-0.15, -0.1) is 0 Å². The highest BCUT2D eigenvalue weighted by molar-refractivity contribution is 5.83. The number of para-hydroxylation sites is 1. The zero-order valence-corrected chi connectivity index (χ0v) is 10.3. The Bertz CT molecular complexity index is 516. The summed E-state index contributed by atoms with van der Waals surface area (Å²) < 4.78 is 2.24. The molecule has 0 amide bonds. The number of hydrogen-bond acceptors (Lipinski definition) is 2. The van der Waals surface area contributed by atoms with Gasteiger partial charge in [0, 0.05) is 29.7 Å². The fourth-order valence-electron chi connectivity index (χ4n) is 2.19. The molecule has 2 aromatic rings. The minimum absolute atomic E-state index is 0.287. The summed E-state index contributed by atoms with van der Waals surface area (Å²) in [4.78, 5) is 10.3. The minimum atomic E-state index is 0.287. The zero-order valence-electron chi connectivity index (χ0n) is 10.3. The number of nitrogens with one attached hydrogen (secondary N) is 1.